The molecule has 0 heterocycles. The normalized spacial score (nSPS) is 19.0. The summed E-state index contributed by atoms with van der Waals surface area (Å²) in [5.74, 6) is 0.101. The summed E-state index contributed by atoms with van der Waals surface area (Å²) in [6.07, 6.45) is 8.83. The van der Waals surface area contributed by atoms with Crippen molar-refractivity contribution in [3.8, 4) is 0 Å². The number of ketones is 1. The highest BCUT2D eigenvalue weighted by molar-refractivity contribution is 5.90. The fraction of sp³-hybridized carbons (Fsp3) is 0.435. The zero-order chi connectivity index (χ0) is 19.2. The lowest BCUT2D eigenvalue weighted by molar-refractivity contribution is -0.114. The van der Waals surface area contributed by atoms with Crippen LogP contribution in [0.2, 0.25) is 0 Å². The topological polar surface area (TPSA) is 49.3 Å². The fourth-order valence-electron chi connectivity index (χ4n) is 3.35. The Balaban J connectivity index is 1.83. The summed E-state index contributed by atoms with van der Waals surface area (Å²) in [5.41, 5.74) is 3.41. The fourth-order valence-corrected chi connectivity index (χ4v) is 3.35. The van der Waals surface area contributed by atoms with Gasteiger partial charge in [0.05, 0.1) is 6.10 Å². The van der Waals surface area contributed by atoms with E-state index in [-0.39, 0.29) is 17.2 Å². The molecule has 26 heavy (non-hydrogen) atoms. The van der Waals surface area contributed by atoms with Crippen LogP contribution in [0.3, 0.4) is 0 Å². The number of aliphatic hydroxyl groups excluding tert-OH is 1. The molecule has 1 aliphatic rings. The van der Waals surface area contributed by atoms with Crippen LogP contribution in [0.5, 0.6) is 0 Å². The first kappa shape index (κ1) is 20.3. The van der Waals surface area contributed by atoms with E-state index in [0.717, 1.165) is 12.0 Å². The quantitative estimate of drug-likeness (QED) is 0.676. The van der Waals surface area contributed by atoms with Gasteiger partial charge in [-0.25, -0.2) is 0 Å². The van der Waals surface area contributed by atoms with Gasteiger partial charge in [0.25, 0.3) is 0 Å². The molecular formula is C23H31NO2. The Morgan fingerprint density at radius 3 is 2.65 bits per heavy atom. The van der Waals surface area contributed by atoms with Crippen molar-refractivity contribution < 1.29 is 9.90 Å². The van der Waals surface area contributed by atoms with Gasteiger partial charge in [0.2, 0.25) is 0 Å². The molecule has 0 fully saturated rings. The second-order valence-corrected chi connectivity index (χ2v) is 7.74. The van der Waals surface area contributed by atoms with Gasteiger partial charge >= 0.3 is 0 Å². The van der Waals surface area contributed by atoms with Crippen molar-refractivity contribution in [1.82, 2.24) is 5.32 Å². The molecule has 0 saturated heterocycles. The largest absolute Gasteiger partial charge is 0.387 e. The highest BCUT2D eigenvalue weighted by Crippen LogP contribution is 2.37. The number of nitrogens with one attached hydrogen (secondary N) is 1. The Morgan fingerprint density at radius 1 is 1.31 bits per heavy atom. The second-order valence-electron chi connectivity index (χ2n) is 7.74. The predicted octanol–water partition coefficient (Wildman–Crippen LogP) is 4.52. The highest BCUT2D eigenvalue weighted by atomic mass is 16.3. The van der Waals surface area contributed by atoms with E-state index in [1.165, 1.54) is 11.1 Å². The lowest BCUT2D eigenvalue weighted by Crippen LogP contribution is -2.33. The highest BCUT2D eigenvalue weighted by Gasteiger charge is 2.24. The van der Waals surface area contributed by atoms with Crippen molar-refractivity contribution in [3.63, 3.8) is 0 Å². The van der Waals surface area contributed by atoms with E-state index >= 15 is 0 Å². The van der Waals surface area contributed by atoms with Crippen LogP contribution in [0.4, 0.5) is 0 Å². The molecule has 0 amide bonds. The van der Waals surface area contributed by atoms with Crippen LogP contribution in [-0.4, -0.2) is 23.5 Å². The number of hydrogen-bond acceptors (Lipinski definition) is 3. The van der Waals surface area contributed by atoms with Crippen molar-refractivity contribution in [1.29, 1.82) is 0 Å². The number of benzene rings is 1. The smallest absolute Gasteiger partial charge is 0.156 e. The minimum atomic E-state index is -0.579. The lowest BCUT2D eigenvalue weighted by atomic mass is 9.75. The molecule has 0 bridgehead atoms. The van der Waals surface area contributed by atoms with E-state index in [1.54, 1.807) is 6.08 Å². The van der Waals surface area contributed by atoms with Gasteiger partial charge in [0, 0.05) is 19.0 Å². The van der Waals surface area contributed by atoms with E-state index in [9.17, 15) is 9.90 Å². The van der Waals surface area contributed by atoms with Gasteiger partial charge in [0.15, 0.2) is 5.78 Å². The maximum Gasteiger partial charge on any atom is 0.156 e. The van der Waals surface area contributed by atoms with Crippen LogP contribution in [-0.2, 0) is 4.79 Å². The zero-order valence-corrected chi connectivity index (χ0v) is 16.3. The Hall–Kier alpha value is -1.97. The number of hydrogen-bond donors (Lipinski definition) is 2. The van der Waals surface area contributed by atoms with Crippen LogP contribution >= 0.6 is 0 Å². The summed E-state index contributed by atoms with van der Waals surface area (Å²) in [6.45, 7) is 8.99. The van der Waals surface area contributed by atoms with Gasteiger partial charge in [-0.1, -0.05) is 62.4 Å². The molecule has 1 aliphatic carbocycles. The van der Waals surface area contributed by atoms with Crippen LogP contribution in [0, 0.1) is 5.41 Å². The number of aliphatic hydroxyl groups is 1. The molecule has 3 heteroatoms. The van der Waals surface area contributed by atoms with Crippen molar-refractivity contribution in [2.75, 3.05) is 6.54 Å². The molecule has 2 unspecified atom stereocenters. The van der Waals surface area contributed by atoms with Gasteiger partial charge in [0.1, 0.15) is 0 Å². The van der Waals surface area contributed by atoms with E-state index in [2.05, 4.69) is 38.2 Å². The minimum absolute atomic E-state index is 0.0716. The van der Waals surface area contributed by atoms with Gasteiger partial charge < -0.3 is 10.4 Å². The SMILES string of the molecule is CC1=C(/C=C/C(=O)CCNC(C)C(O)c2ccccc2)C(C)(C)CC=C1. The van der Waals surface area contributed by atoms with E-state index in [4.69, 9.17) is 0 Å². The monoisotopic (exact) mass is 353 g/mol. The average Bonchev–Trinajstić information content (AvgIpc) is 2.60. The lowest BCUT2D eigenvalue weighted by Gasteiger charge is -2.29. The average molecular weight is 354 g/mol. The molecule has 2 rings (SSSR count). The molecule has 1 aromatic carbocycles. The van der Waals surface area contributed by atoms with E-state index in [1.807, 2.05) is 43.3 Å². The first-order chi connectivity index (χ1) is 12.3. The van der Waals surface area contributed by atoms with Gasteiger partial charge in [-0.15, -0.1) is 0 Å². The molecule has 2 N–H and O–H groups in total. The molecule has 3 nitrogen and oxygen atoms in total. The molecule has 1 aromatic rings. The molecule has 2 atom stereocenters. The maximum absolute atomic E-state index is 12.2. The predicted molar refractivity (Wildman–Crippen MR) is 108 cm³/mol. The van der Waals surface area contributed by atoms with Crippen molar-refractivity contribution in [2.45, 2.75) is 52.7 Å². The first-order valence-electron chi connectivity index (χ1n) is 9.36. The zero-order valence-electron chi connectivity index (χ0n) is 16.3. The van der Waals surface area contributed by atoms with Crippen LogP contribution in [0.25, 0.3) is 0 Å². The van der Waals surface area contributed by atoms with Gasteiger partial charge in [-0.3, -0.25) is 4.79 Å². The van der Waals surface area contributed by atoms with Crippen molar-refractivity contribution in [2.24, 2.45) is 5.41 Å². The standard InChI is InChI=1S/C23H31NO2/c1-17-9-8-15-23(3,4)21(17)13-12-20(25)14-16-24-18(2)22(26)19-10-6-5-7-11-19/h5-13,18,22,24,26H,14-16H2,1-4H3/b13-12+. The molecule has 0 saturated carbocycles. The van der Waals surface area contributed by atoms with Crippen LogP contribution < -0.4 is 5.32 Å². The van der Waals surface area contributed by atoms with Crippen LogP contribution in [0.1, 0.15) is 52.2 Å². The van der Waals surface area contributed by atoms with E-state index < -0.39 is 6.10 Å². The molecule has 140 valence electrons. The first-order valence-corrected chi connectivity index (χ1v) is 9.36. The second kappa shape index (κ2) is 9.11. The maximum atomic E-state index is 12.2. The van der Waals surface area contributed by atoms with Gasteiger partial charge in [-0.05, 0) is 48.5 Å². The number of carbonyl (C=O) groups excluding carboxylic acids is 1. The third-order valence-corrected chi connectivity index (χ3v) is 5.04. The van der Waals surface area contributed by atoms with Gasteiger partial charge in [-0.2, -0.15) is 0 Å². The third-order valence-electron chi connectivity index (χ3n) is 5.04. The number of rotatable bonds is 8. The summed E-state index contributed by atoms with van der Waals surface area (Å²) in [6, 6.07) is 9.47. The summed E-state index contributed by atoms with van der Waals surface area (Å²) < 4.78 is 0. The minimum Gasteiger partial charge on any atom is -0.387 e. The Labute approximate surface area is 157 Å². The Morgan fingerprint density at radius 2 is 2.00 bits per heavy atom. The van der Waals surface area contributed by atoms with Crippen LogP contribution in [0.15, 0.2) is 65.8 Å². The summed E-state index contributed by atoms with van der Waals surface area (Å²) in [7, 11) is 0. The Kier molecular flexibility index (Phi) is 7.13. The van der Waals surface area contributed by atoms with Crippen molar-refractivity contribution >= 4 is 5.78 Å². The molecule has 0 spiro atoms. The number of allylic oxidation sites excluding steroid dienone is 6. The molecule has 0 radical (unpaired) electrons. The number of carbonyl (C=O) groups is 1. The van der Waals surface area contributed by atoms with E-state index in [0.29, 0.717) is 13.0 Å². The summed E-state index contributed by atoms with van der Waals surface area (Å²) >= 11 is 0. The third kappa shape index (κ3) is 5.52. The van der Waals surface area contributed by atoms with Crippen molar-refractivity contribution in [3.05, 3.63) is 71.3 Å². The molecule has 0 aromatic heterocycles. The summed E-state index contributed by atoms with van der Waals surface area (Å²) in [5, 5.41) is 13.6. The molecular weight excluding hydrogens is 322 g/mol. The summed E-state index contributed by atoms with van der Waals surface area (Å²) in [4.78, 5) is 12.2. The Bertz CT molecular complexity index is 698. The molecule has 0 aliphatic heterocycles.